The third kappa shape index (κ3) is 3.62. The Labute approximate surface area is 122 Å². The van der Waals surface area contributed by atoms with Gasteiger partial charge in [-0.3, -0.25) is 4.98 Å². The van der Waals surface area contributed by atoms with Gasteiger partial charge in [0.2, 0.25) is 10.0 Å². The molecule has 1 N–H and O–H groups in total. The summed E-state index contributed by atoms with van der Waals surface area (Å²) in [5, 5.41) is 8.88. The average Bonchev–Trinajstić information content (AvgIpc) is 2.48. The molecule has 0 aliphatic heterocycles. The summed E-state index contributed by atoms with van der Waals surface area (Å²) in [5.41, 5.74) is 0.395. The van der Waals surface area contributed by atoms with Gasteiger partial charge in [0.1, 0.15) is 22.3 Å². The zero-order valence-electron chi connectivity index (χ0n) is 11.0. The molecule has 0 amide bonds. The molecule has 0 bridgehead atoms. The first-order valence-corrected chi connectivity index (χ1v) is 7.60. The van der Waals surface area contributed by atoms with Gasteiger partial charge in [-0.1, -0.05) is 12.1 Å². The lowest BCUT2D eigenvalue weighted by Gasteiger charge is -2.08. The second-order valence-electron chi connectivity index (χ2n) is 4.23. The summed E-state index contributed by atoms with van der Waals surface area (Å²) in [6.45, 7) is 0.134. The van der Waals surface area contributed by atoms with E-state index in [1.54, 1.807) is 24.5 Å². The molecule has 0 aliphatic carbocycles. The van der Waals surface area contributed by atoms with E-state index in [0.717, 1.165) is 11.6 Å². The number of sulfonamides is 1. The number of halogens is 1. The molecule has 21 heavy (non-hydrogen) atoms. The molecule has 5 nitrogen and oxygen atoms in total. The first kappa shape index (κ1) is 15.1. The van der Waals surface area contributed by atoms with Crippen LogP contribution in [0.15, 0.2) is 47.6 Å². The van der Waals surface area contributed by atoms with Gasteiger partial charge in [0.15, 0.2) is 0 Å². The van der Waals surface area contributed by atoms with Gasteiger partial charge in [0, 0.05) is 18.9 Å². The van der Waals surface area contributed by atoms with E-state index in [9.17, 15) is 12.8 Å². The van der Waals surface area contributed by atoms with Crippen molar-refractivity contribution >= 4 is 10.0 Å². The molecule has 0 atom stereocenters. The summed E-state index contributed by atoms with van der Waals surface area (Å²) in [4.78, 5) is 3.58. The van der Waals surface area contributed by atoms with Gasteiger partial charge in [-0.2, -0.15) is 5.26 Å². The monoisotopic (exact) mass is 305 g/mol. The topological polar surface area (TPSA) is 82.8 Å². The van der Waals surface area contributed by atoms with Gasteiger partial charge in [-0.15, -0.1) is 0 Å². The van der Waals surface area contributed by atoms with Crippen molar-refractivity contribution in [2.45, 2.75) is 11.3 Å². The number of hydrogen-bond donors (Lipinski definition) is 1. The Morgan fingerprint density at radius 2 is 2.10 bits per heavy atom. The van der Waals surface area contributed by atoms with E-state index < -0.39 is 21.4 Å². The van der Waals surface area contributed by atoms with Crippen LogP contribution in [0, 0.1) is 17.1 Å². The Kier molecular flexibility index (Phi) is 4.62. The van der Waals surface area contributed by atoms with Gasteiger partial charge in [0.05, 0.1) is 0 Å². The fraction of sp³-hybridized carbons (Fsp3) is 0.143. The Bertz CT molecular complexity index is 771. The van der Waals surface area contributed by atoms with E-state index >= 15 is 0 Å². The van der Waals surface area contributed by atoms with Crippen molar-refractivity contribution in [3.63, 3.8) is 0 Å². The van der Waals surface area contributed by atoms with Crippen molar-refractivity contribution in [3.05, 3.63) is 59.7 Å². The van der Waals surface area contributed by atoms with E-state index in [0.29, 0.717) is 6.42 Å². The molecular formula is C14H12FN3O2S. The smallest absolute Gasteiger partial charge is 0.242 e. The number of nitrogens with one attached hydrogen (secondary N) is 1. The zero-order valence-corrected chi connectivity index (χ0v) is 11.8. The molecule has 1 heterocycles. The zero-order chi connectivity index (χ0) is 15.3. The van der Waals surface area contributed by atoms with E-state index in [4.69, 9.17) is 5.26 Å². The molecule has 0 unspecified atom stereocenters. The molecule has 0 aliphatic rings. The summed E-state index contributed by atoms with van der Waals surface area (Å²) in [6.07, 6.45) is 3.71. The number of aromatic nitrogens is 1. The predicted octanol–water partition coefficient (Wildman–Crippen LogP) is 1.61. The van der Waals surface area contributed by atoms with E-state index in [-0.39, 0.29) is 11.4 Å². The van der Waals surface area contributed by atoms with Crippen molar-refractivity contribution in [2.24, 2.45) is 0 Å². The van der Waals surface area contributed by atoms with Gasteiger partial charge in [0.25, 0.3) is 0 Å². The highest BCUT2D eigenvalue weighted by atomic mass is 32.2. The number of nitrogens with zero attached hydrogens (tertiary/aromatic N) is 2. The van der Waals surface area contributed by atoms with Crippen LogP contribution in [0.5, 0.6) is 0 Å². The standard InChI is InChI=1S/C14H12FN3O2S/c15-13-4-1-5-14(12(13)9-16)21(19,20)18-8-6-11-3-2-7-17-10-11/h1-5,7,10,18H,6,8H2. The van der Waals surface area contributed by atoms with Crippen LogP contribution in [0.3, 0.4) is 0 Å². The summed E-state index contributed by atoms with van der Waals surface area (Å²) in [7, 11) is -3.93. The van der Waals surface area contributed by atoms with Crippen molar-refractivity contribution in [3.8, 4) is 6.07 Å². The molecule has 2 rings (SSSR count). The Hall–Kier alpha value is -2.30. The van der Waals surface area contributed by atoms with Crippen LogP contribution in [0.2, 0.25) is 0 Å². The number of rotatable bonds is 5. The van der Waals surface area contributed by atoms with Crippen LogP contribution < -0.4 is 4.72 Å². The summed E-state index contributed by atoms with van der Waals surface area (Å²) >= 11 is 0. The number of hydrogen-bond acceptors (Lipinski definition) is 4. The van der Waals surface area contributed by atoms with Crippen LogP contribution in [0.4, 0.5) is 4.39 Å². The highest BCUT2D eigenvalue weighted by Gasteiger charge is 2.20. The Balaban J connectivity index is 2.13. The molecule has 0 saturated carbocycles. The highest BCUT2D eigenvalue weighted by molar-refractivity contribution is 7.89. The third-order valence-electron chi connectivity index (χ3n) is 2.81. The van der Waals surface area contributed by atoms with Crippen LogP contribution in [0.25, 0.3) is 0 Å². The van der Waals surface area contributed by atoms with E-state index in [1.807, 2.05) is 6.07 Å². The largest absolute Gasteiger partial charge is 0.264 e. The summed E-state index contributed by atoms with van der Waals surface area (Å²) in [5.74, 6) is -0.854. The average molecular weight is 305 g/mol. The minimum Gasteiger partial charge on any atom is -0.264 e. The predicted molar refractivity (Wildman–Crippen MR) is 74.2 cm³/mol. The second kappa shape index (κ2) is 6.43. The lowest BCUT2D eigenvalue weighted by molar-refractivity contribution is 0.576. The van der Waals surface area contributed by atoms with Crippen LogP contribution in [-0.2, 0) is 16.4 Å². The van der Waals surface area contributed by atoms with E-state index in [1.165, 1.54) is 12.1 Å². The number of nitriles is 1. The van der Waals surface area contributed by atoms with Gasteiger partial charge >= 0.3 is 0 Å². The maximum atomic E-state index is 13.4. The fourth-order valence-corrected chi connectivity index (χ4v) is 2.99. The molecule has 0 spiro atoms. The second-order valence-corrected chi connectivity index (χ2v) is 5.97. The van der Waals surface area contributed by atoms with Crippen molar-refractivity contribution in [1.29, 1.82) is 5.26 Å². The van der Waals surface area contributed by atoms with Crippen molar-refractivity contribution in [2.75, 3.05) is 6.54 Å². The van der Waals surface area contributed by atoms with Crippen LogP contribution in [-0.4, -0.2) is 19.9 Å². The lowest BCUT2D eigenvalue weighted by Crippen LogP contribution is -2.27. The summed E-state index contributed by atoms with van der Waals surface area (Å²) < 4.78 is 40.0. The molecule has 2 aromatic rings. The lowest BCUT2D eigenvalue weighted by atomic mass is 10.2. The van der Waals surface area contributed by atoms with Crippen LogP contribution in [0.1, 0.15) is 11.1 Å². The number of benzene rings is 1. The Morgan fingerprint density at radius 3 is 2.76 bits per heavy atom. The van der Waals surface area contributed by atoms with Gasteiger partial charge < -0.3 is 0 Å². The van der Waals surface area contributed by atoms with Crippen molar-refractivity contribution in [1.82, 2.24) is 9.71 Å². The maximum Gasteiger partial charge on any atom is 0.242 e. The first-order valence-electron chi connectivity index (χ1n) is 6.12. The molecule has 7 heteroatoms. The SMILES string of the molecule is N#Cc1c(F)cccc1S(=O)(=O)NCCc1cccnc1. The van der Waals surface area contributed by atoms with Crippen LogP contribution >= 0.6 is 0 Å². The molecule has 1 aromatic carbocycles. The number of pyridine rings is 1. The van der Waals surface area contributed by atoms with E-state index in [2.05, 4.69) is 9.71 Å². The highest BCUT2D eigenvalue weighted by Crippen LogP contribution is 2.17. The molecule has 0 radical (unpaired) electrons. The minimum absolute atomic E-state index is 0.134. The molecule has 0 saturated heterocycles. The molecule has 1 aromatic heterocycles. The normalized spacial score (nSPS) is 11.0. The maximum absolute atomic E-state index is 13.4. The van der Waals surface area contributed by atoms with Gasteiger partial charge in [-0.25, -0.2) is 17.5 Å². The molecular weight excluding hydrogens is 293 g/mol. The van der Waals surface area contributed by atoms with Gasteiger partial charge in [-0.05, 0) is 30.2 Å². The minimum atomic E-state index is -3.93. The third-order valence-corrected chi connectivity index (χ3v) is 4.31. The molecule has 0 fully saturated rings. The quantitative estimate of drug-likeness (QED) is 0.909. The van der Waals surface area contributed by atoms with Crippen molar-refractivity contribution < 1.29 is 12.8 Å². The first-order chi connectivity index (χ1) is 10.0. The fourth-order valence-electron chi connectivity index (χ4n) is 1.79. The molecule has 108 valence electrons. The summed E-state index contributed by atoms with van der Waals surface area (Å²) in [6, 6.07) is 8.66. The Morgan fingerprint density at radius 1 is 1.29 bits per heavy atom.